The molecule has 0 spiro atoms. The summed E-state index contributed by atoms with van der Waals surface area (Å²) in [5.74, 6) is 1.06. The second kappa shape index (κ2) is 9.88. The van der Waals surface area contributed by atoms with Gasteiger partial charge in [0.15, 0.2) is 5.16 Å². The van der Waals surface area contributed by atoms with E-state index in [-0.39, 0.29) is 23.1 Å². The summed E-state index contributed by atoms with van der Waals surface area (Å²) in [6.45, 7) is 6.44. The Morgan fingerprint density at radius 1 is 1.24 bits per heavy atom. The van der Waals surface area contributed by atoms with E-state index >= 15 is 0 Å². The molecule has 0 N–H and O–H groups in total. The van der Waals surface area contributed by atoms with Gasteiger partial charge in [0.25, 0.3) is 5.56 Å². The molecule has 0 bridgehead atoms. The van der Waals surface area contributed by atoms with Crippen molar-refractivity contribution in [3.8, 4) is 0 Å². The van der Waals surface area contributed by atoms with E-state index in [0.29, 0.717) is 27.8 Å². The number of benzene rings is 1. The number of fused-ring (bicyclic) bond motifs is 3. The number of carbonyl (C=O) groups excluding carboxylic acids is 1. The molecule has 1 saturated heterocycles. The van der Waals surface area contributed by atoms with Crippen LogP contribution in [0.25, 0.3) is 20.4 Å². The molecule has 3 aromatic heterocycles. The van der Waals surface area contributed by atoms with Gasteiger partial charge in [-0.1, -0.05) is 55.9 Å². The van der Waals surface area contributed by atoms with E-state index in [1.807, 2.05) is 35.2 Å². The van der Waals surface area contributed by atoms with Crippen LogP contribution in [0.3, 0.4) is 0 Å². The number of rotatable bonds is 6. The van der Waals surface area contributed by atoms with E-state index in [9.17, 15) is 9.59 Å². The quantitative estimate of drug-likeness (QED) is 0.275. The molecule has 1 aromatic carbocycles. The fraction of sp³-hybridized carbons (Fsp3) is 0.385. The highest BCUT2D eigenvalue weighted by molar-refractivity contribution is 7.99. The third-order valence-electron chi connectivity index (χ3n) is 6.48. The summed E-state index contributed by atoms with van der Waals surface area (Å²) in [6, 6.07) is 14.0. The number of nitrogens with zero attached hydrogens (tertiary/aromatic N) is 4. The van der Waals surface area contributed by atoms with Gasteiger partial charge in [-0.3, -0.25) is 14.2 Å². The minimum Gasteiger partial charge on any atom is -0.342 e. The first kappa shape index (κ1) is 23.1. The molecular weight excluding hydrogens is 464 g/mol. The van der Waals surface area contributed by atoms with Gasteiger partial charge in [-0.05, 0) is 42.4 Å². The number of hydrogen-bond acceptors (Lipinski definition) is 6. The first-order chi connectivity index (χ1) is 16.5. The van der Waals surface area contributed by atoms with E-state index < -0.39 is 0 Å². The molecule has 8 heteroatoms. The predicted molar refractivity (Wildman–Crippen MR) is 140 cm³/mol. The van der Waals surface area contributed by atoms with E-state index in [4.69, 9.17) is 4.98 Å². The third-order valence-corrected chi connectivity index (χ3v) is 8.53. The molecule has 5 rings (SSSR count). The zero-order valence-electron chi connectivity index (χ0n) is 19.4. The van der Waals surface area contributed by atoms with Crippen molar-refractivity contribution in [2.24, 2.45) is 5.92 Å². The molecule has 4 heterocycles. The molecule has 1 fully saturated rings. The van der Waals surface area contributed by atoms with Crippen molar-refractivity contribution >= 4 is 49.4 Å². The van der Waals surface area contributed by atoms with Crippen LogP contribution in [0.4, 0.5) is 0 Å². The number of amides is 1. The summed E-state index contributed by atoms with van der Waals surface area (Å²) in [7, 11) is 0. The molecule has 0 saturated carbocycles. The Balaban J connectivity index is 1.51. The Morgan fingerprint density at radius 2 is 2.06 bits per heavy atom. The van der Waals surface area contributed by atoms with Crippen molar-refractivity contribution < 1.29 is 4.79 Å². The monoisotopic (exact) mass is 492 g/mol. The summed E-state index contributed by atoms with van der Waals surface area (Å²) < 4.78 is 2.38. The van der Waals surface area contributed by atoms with Crippen molar-refractivity contribution in [3.05, 3.63) is 64.6 Å². The van der Waals surface area contributed by atoms with Crippen molar-refractivity contribution in [3.63, 3.8) is 0 Å². The lowest BCUT2D eigenvalue weighted by Gasteiger charge is -2.30. The number of pyridine rings is 1. The van der Waals surface area contributed by atoms with Gasteiger partial charge in [-0.2, -0.15) is 0 Å². The molecule has 0 radical (unpaired) electrons. The average molecular weight is 493 g/mol. The molecule has 34 heavy (non-hydrogen) atoms. The highest BCUT2D eigenvalue weighted by Crippen LogP contribution is 2.31. The third kappa shape index (κ3) is 4.61. The largest absolute Gasteiger partial charge is 0.342 e. The highest BCUT2D eigenvalue weighted by Gasteiger charge is 2.23. The number of carbonyl (C=O) groups is 1. The second-order valence-corrected chi connectivity index (χ2v) is 11.1. The van der Waals surface area contributed by atoms with Crippen molar-refractivity contribution in [2.45, 2.75) is 44.3 Å². The lowest BCUT2D eigenvalue weighted by molar-refractivity contribution is -0.130. The van der Waals surface area contributed by atoms with Gasteiger partial charge < -0.3 is 4.90 Å². The Hall–Kier alpha value is -2.71. The minimum atomic E-state index is -0.0580. The van der Waals surface area contributed by atoms with Crippen LogP contribution in [0.2, 0.25) is 0 Å². The number of likely N-dealkylation sites (tertiary alicyclic amines) is 1. The van der Waals surface area contributed by atoms with Gasteiger partial charge in [-0.15, -0.1) is 11.3 Å². The summed E-state index contributed by atoms with van der Waals surface area (Å²) >= 11 is 2.76. The Labute approximate surface area is 207 Å². The van der Waals surface area contributed by atoms with Crippen LogP contribution in [-0.4, -0.2) is 44.2 Å². The van der Waals surface area contributed by atoms with E-state index in [2.05, 4.69) is 31.0 Å². The number of piperidine rings is 1. The normalized spacial score (nSPS) is 17.4. The molecular formula is C26H28N4O2S2. The van der Waals surface area contributed by atoms with Gasteiger partial charge >= 0.3 is 0 Å². The van der Waals surface area contributed by atoms with Crippen LogP contribution in [0.1, 0.15) is 38.2 Å². The van der Waals surface area contributed by atoms with Crippen LogP contribution < -0.4 is 5.56 Å². The van der Waals surface area contributed by atoms with E-state index in [0.717, 1.165) is 29.7 Å². The molecule has 176 valence electrons. The van der Waals surface area contributed by atoms with Crippen molar-refractivity contribution in [1.82, 2.24) is 19.4 Å². The molecule has 1 aliphatic heterocycles. The Morgan fingerprint density at radius 3 is 2.85 bits per heavy atom. The van der Waals surface area contributed by atoms with Crippen LogP contribution >= 0.6 is 23.1 Å². The number of thiophene rings is 1. The predicted octanol–water partition coefficient (Wildman–Crippen LogP) is 5.16. The fourth-order valence-electron chi connectivity index (χ4n) is 4.61. The van der Waals surface area contributed by atoms with E-state index in [1.165, 1.54) is 35.1 Å². The molecule has 1 aliphatic rings. The molecule has 6 nitrogen and oxygen atoms in total. The molecule has 0 aliphatic carbocycles. The molecule has 2 atom stereocenters. The van der Waals surface area contributed by atoms with Crippen LogP contribution in [0, 0.1) is 5.92 Å². The van der Waals surface area contributed by atoms with Gasteiger partial charge in [0.2, 0.25) is 5.91 Å². The number of aromatic nitrogens is 3. The maximum Gasteiger partial charge on any atom is 0.272 e. The zero-order valence-corrected chi connectivity index (χ0v) is 21.1. The first-order valence-electron chi connectivity index (χ1n) is 11.7. The maximum absolute atomic E-state index is 13.7. The van der Waals surface area contributed by atoms with Crippen LogP contribution in [0.15, 0.2) is 58.6 Å². The number of thioether (sulfide) groups is 1. The molecule has 1 amide bonds. The maximum atomic E-state index is 13.7. The lowest BCUT2D eigenvalue weighted by atomic mass is 10.0. The second-order valence-electron chi connectivity index (χ2n) is 9.13. The minimum absolute atomic E-state index is 0.0580. The van der Waals surface area contributed by atoms with Gasteiger partial charge in [0.05, 0.1) is 11.3 Å². The smallest absolute Gasteiger partial charge is 0.272 e. The van der Waals surface area contributed by atoms with Gasteiger partial charge in [-0.25, -0.2) is 9.97 Å². The van der Waals surface area contributed by atoms with E-state index in [1.54, 1.807) is 10.8 Å². The Bertz CT molecular complexity index is 1380. The average Bonchev–Trinajstić information content (AvgIpc) is 3.24. The Kier molecular flexibility index (Phi) is 6.70. The topological polar surface area (TPSA) is 68.1 Å². The molecule has 4 aromatic rings. The molecule has 2 unspecified atom stereocenters. The van der Waals surface area contributed by atoms with Crippen molar-refractivity contribution in [1.29, 1.82) is 0 Å². The number of hydrogen-bond donors (Lipinski definition) is 0. The summed E-state index contributed by atoms with van der Waals surface area (Å²) in [5.41, 5.74) is 1.79. The zero-order chi connectivity index (χ0) is 23.7. The van der Waals surface area contributed by atoms with Gasteiger partial charge in [0.1, 0.15) is 9.53 Å². The fourth-order valence-corrected chi connectivity index (χ4v) is 6.54. The summed E-state index contributed by atoms with van der Waals surface area (Å²) in [6.07, 6.45) is 3.96. The first-order valence-corrected chi connectivity index (χ1v) is 13.5. The highest BCUT2D eigenvalue weighted by atomic mass is 32.2. The van der Waals surface area contributed by atoms with Crippen LogP contribution in [-0.2, 0) is 11.3 Å². The lowest BCUT2D eigenvalue weighted by Crippen LogP contribution is -2.40. The van der Waals surface area contributed by atoms with Gasteiger partial charge in [0, 0.05) is 31.2 Å². The van der Waals surface area contributed by atoms with Crippen LogP contribution in [0.5, 0.6) is 0 Å². The van der Waals surface area contributed by atoms with Crippen molar-refractivity contribution in [2.75, 3.05) is 18.8 Å². The standard InChI is InChI=1S/C26H28N4O2S2/c1-17-8-7-13-29(14-17)21(31)16-33-26-28-22-20-11-6-12-27-24(20)34-23(22)25(32)30(26)15-18(2)19-9-4-3-5-10-19/h3-6,9-12,17-18H,7-8,13-16H2,1-2H3. The SMILES string of the molecule is CC1CCCN(C(=O)CSc2nc3c(sc4ncccc43)c(=O)n2CC(C)c2ccccc2)C1. The summed E-state index contributed by atoms with van der Waals surface area (Å²) in [5, 5.41) is 1.49. The summed E-state index contributed by atoms with van der Waals surface area (Å²) in [4.78, 5) is 38.8.